The lowest BCUT2D eigenvalue weighted by atomic mass is 10.1. The van der Waals surface area contributed by atoms with Crippen LogP contribution in [0.25, 0.3) is 0 Å². The van der Waals surface area contributed by atoms with E-state index in [-0.39, 0.29) is 23.9 Å². The van der Waals surface area contributed by atoms with Crippen LogP contribution in [0.15, 0.2) is 42.5 Å². The number of hydrogen-bond acceptors (Lipinski definition) is 4. The molecule has 0 saturated carbocycles. The zero-order valence-electron chi connectivity index (χ0n) is 16.4. The molecule has 0 fully saturated rings. The number of methoxy groups -OCH3 is 1. The van der Waals surface area contributed by atoms with E-state index in [0.717, 1.165) is 31.7 Å². The summed E-state index contributed by atoms with van der Waals surface area (Å²) in [6, 6.07) is 10.4. The molecule has 4 N–H and O–H groups in total. The minimum absolute atomic E-state index is 0. The highest BCUT2D eigenvalue weighted by molar-refractivity contribution is 6.05. The van der Waals surface area contributed by atoms with E-state index in [1.54, 1.807) is 18.2 Å². The summed E-state index contributed by atoms with van der Waals surface area (Å²) in [6.45, 7) is 0.669. The zero-order chi connectivity index (χ0) is 20.4. The number of carbonyl (C=O) groups excluding carboxylic acids is 2. The van der Waals surface area contributed by atoms with E-state index in [1.807, 2.05) is 0 Å². The number of nitrogens with one attached hydrogen (secondary N) is 2. The van der Waals surface area contributed by atoms with Crippen LogP contribution in [0.5, 0.6) is 5.75 Å². The first-order valence-electron chi connectivity index (χ1n) is 9.28. The van der Waals surface area contributed by atoms with Gasteiger partial charge in [-0.3, -0.25) is 9.59 Å². The van der Waals surface area contributed by atoms with Gasteiger partial charge in [-0.2, -0.15) is 0 Å². The Balaban J connectivity index is 0.00000420. The molecule has 2 rings (SSSR count). The van der Waals surface area contributed by atoms with E-state index in [2.05, 4.69) is 10.6 Å². The highest BCUT2D eigenvalue weighted by Gasteiger charge is 2.12. The minimum Gasteiger partial charge on any atom is -0.495 e. The van der Waals surface area contributed by atoms with Crippen molar-refractivity contribution in [2.75, 3.05) is 24.3 Å². The molecule has 0 spiro atoms. The molecule has 0 heterocycles. The van der Waals surface area contributed by atoms with E-state index < -0.39 is 11.7 Å². The molecule has 158 valence electrons. The number of hydrogen-bond donors (Lipinski definition) is 3. The second-order valence-corrected chi connectivity index (χ2v) is 6.38. The third-order valence-electron chi connectivity index (χ3n) is 4.18. The van der Waals surface area contributed by atoms with Gasteiger partial charge in [-0.05, 0) is 55.8 Å². The van der Waals surface area contributed by atoms with Gasteiger partial charge in [-0.1, -0.05) is 18.9 Å². The van der Waals surface area contributed by atoms with Gasteiger partial charge in [0, 0.05) is 17.7 Å². The summed E-state index contributed by atoms with van der Waals surface area (Å²) in [4.78, 5) is 24.5. The molecule has 6 nitrogen and oxygen atoms in total. The van der Waals surface area contributed by atoms with Crippen LogP contribution in [0.2, 0.25) is 0 Å². The van der Waals surface area contributed by atoms with Crippen LogP contribution in [0.4, 0.5) is 15.8 Å². The van der Waals surface area contributed by atoms with Gasteiger partial charge in [0.05, 0.1) is 12.8 Å². The Morgan fingerprint density at radius 3 is 2.48 bits per heavy atom. The predicted octanol–water partition coefficient (Wildman–Crippen LogP) is 4.36. The second-order valence-electron chi connectivity index (χ2n) is 6.38. The first-order chi connectivity index (χ1) is 13.5. The number of benzene rings is 2. The number of halogens is 2. The maximum absolute atomic E-state index is 13.3. The summed E-state index contributed by atoms with van der Waals surface area (Å²) in [5.74, 6) is -0.627. The molecule has 29 heavy (non-hydrogen) atoms. The number of ether oxygens (including phenoxy) is 1. The summed E-state index contributed by atoms with van der Waals surface area (Å²) in [6.07, 6.45) is 4.16. The molecule has 0 saturated heterocycles. The van der Waals surface area contributed by atoms with E-state index >= 15 is 0 Å². The zero-order valence-corrected chi connectivity index (χ0v) is 17.2. The lowest BCUT2D eigenvalue weighted by Gasteiger charge is -2.13. The Morgan fingerprint density at radius 2 is 1.79 bits per heavy atom. The number of amides is 2. The number of rotatable bonds is 10. The van der Waals surface area contributed by atoms with E-state index in [1.165, 1.54) is 25.3 Å². The van der Waals surface area contributed by atoms with Crippen molar-refractivity contribution >= 4 is 35.6 Å². The van der Waals surface area contributed by atoms with Crippen molar-refractivity contribution in [3.63, 3.8) is 0 Å². The lowest BCUT2D eigenvalue weighted by molar-refractivity contribution is -0.116. The molecule has 8 heteroatoms. The molecule has 0 atom stereocenters. The van der Waals surface area contributed by atoms with Gasteiger partial charge in [0.25, 0.3) is 5.91 Å². The van der Waals surface area contributed by atoms with Crippen molar-refractivity contribution < 1.29 is 18.7 Å². The Kier molecular flexibility index (Phi) is 10.7. The fourth-order valence-corrected chi connectivity index (χ4v) is 2.71. The van der Waals surface area contributed by atoms with E-state index in [0.29, 0.717) is 30.1 Å². The Labute approximate surface area is 176 Å². The molecule has 0 bridgehead atoms. The Morgan fingerprint density at radius 1 is 1.03 bits per heavy atom. The molecule has 2 aromatic carbocycles. The smallest absolute Gasteiger partial charge is 0.255 e. The maximum atomic E-state index is 13.3. The fraction of sp³-hybridized carbons (Fsp3) is 0.333. The molecule has 0 aliphatic heterocycles. The molecular weight excluding hydrogens is 397 g/mol. The van der Waals surface area contributed by atoms with Crippen molar-refractivity contribution in [2.45, 2.75) is 32.1 Å². The van der Waals surface area contributed by atoms with Gasteiger partial charge in [-0.15, -0.1) is 12.4 Å². The number of carbonyl (C=O) groups is 2. The Bertz CT molecular complexity index is 818. The molecule has 0 aliphatic carbocycles. The Hall–Kier alpha value is -2.64. The number of unbranched alkanes of at least 4 members (excludes halogenated alkanes) is 3. The molecule has 0 radical (unpaired) electrons. The molecule has 0 unspecified atom stereocenters. The summed E-state index contributed by atoms with van der Waals surface area (Å²) < 4.78 is 18.6. The second kappa shape index (κ2) is 12.7. The normalized spacial score (nSPS) is 10.0. The van der Waals surface area contributed by atoms with Gasteiger partial charge >= 0.3 is 0 Å². The van der Waals surface area contributed by atoms with E-state index in [4.69, 9.17) is 10.5 Å². The summed E-state index contributed by atoms with van der Waals surface area (Å²) >= 11 is 0. The summed E-state index contributed by atoms with van der Waals surface area (Å²) in [5, 5.41) is 5.51. The molecular formula is C21H27ClFN3O3. The van der Waals surface area contributed by atoms with Gasteiger partial charge in [-0.25, -0.2) is 4.39 Å². The molecule has 0 aliphatic rings. The third kappa shape index (κ3) is 8.09. The first-order valence-corrected chi connectivity index (χ1v) is 9.28. The fourth-order valence-electron chi connectivity index (χ4n) is 2.71. The molecule has 2 aromatic rings. The molecule has 2 amide bonds. The highest BCUT2D eigenvalue weighted by Crippen LogP contribution is 2.28. The predicted molar refractivity (Wildman–Crippen MR) is 115 cm³/mol. The van der Waals surface area contributed by atoms with Gasteiger partial charge in [0.15, 0.2) is 0 Å². The van der Waals surface area contributed by atoms with Crippen LogP contribution < -0.4 is 21.1 Å². The quantitative estimate of drug-likeness (QED) is 0.495. The van der Waals surface area contributed by atoms with Crippen molar-refractivity contribution in [1.29, 1.82) is 0 Å². The standard InChI is InChI=1S/C21H26FN3O3.ClH/c1-28-19-11-10-17(24-20(26)9-4-2-3-5-12-23)14-18(19)25-21(27)15-7-6-8-16(22)13-15;/h6-8,10-11,13-14H,2-5,9,12,23H2,1H3,(H,24,26)(H,25,27);1H. The average Bonchev–Trinajstić information content (AvgIpc) is 2.68. The van der Waals surface area contributed by atoms with E-state index in [9.17, 15) is 14.0 Å². The van der Waals surface area contributed by atoms with Crippen LogP contribution in [-0.2, 0) is 4.79 Å². The van der Waals surface area contributed by atoms with Crippen LogP contribution in [-0.4, -0.2) is 25.5 Å². The summed E-state index contributed by atoms with van der Waals surface area (Å²) in [5.41, 5.74) is 6.57. The van der Waals surface area contributed by atoms with Crippen molar-refractivity contribution in [3.05, 3.63) is 53.8 Å². The van der Waals surface area contributed by atoms with Crippen molar-refractivity contribution in [1.82, 2.24) is 0 Å². The van der Waals surface area contributed by atoms with Gasteiger partial charge in [0.1, 0.15) is 11.6 Å². The van der Waals surface area contributed by atoms with Gasteiger partial charge < -0.3 is 21.1 Å². The SMILES string of the molecule is COc1ccc(NC(=O)CCCCCCN)cc1NC(=O)c1cccc(F)c1.Cl. The average molecular weight is 424 g/mol. The minimum atomic E-state index is -0.493. The topological polar surface area (TPSA) is 93.4 Å². The summed E-state index contributed by atoms with van der Waals surface area (Å²) in [7, 11) is 1.48. The van der Waals surface area contributed by atoms with Crippen LogP contribution >= 0.6 is 12.4 Å². The largest absolute Gasteiger partial charge is 0.495 e. The number of nitrogens with two attached hydrogens (primary N) is 1. The van der Waals surface area contributed by atoms with Crippen LogP contribution in [0.1, 0.15) is 42.5 Å². The third-order valence-corrected chi connectivity index (χ3v) is 4.18. The van der Waals surface area contributed by atoms with Gasteiger partial charge in [0.2, 0.25) is 5.91 Å². The first kappa shape index (κ1) is 24.4. The van der Waals surface area contributed by atoms with Crippen LogP contribution in [0.3, 0.4) is 0 Å². The maximum Gasteiger partial charge on any atom is 0.255 e. The number of anilines is 2. The van der Waals surface area contributed by atoms with Crippen molar-refractivity contribution in [3.8, 4) is 5.75 Å². The van der Waals surface area contributed by atoms with Crippen molar-refractivity contribution in [2.24, 2.45) is 5.73 Å². The monoisotopic (exact) mass is 423 g/mol. The van der Waals surface area contributed by atoms with Crippen LogP contribution in [0, 0.1) is 5.82 Å². The highest BCUT2D eigenvalue weighted by atomic mass is 35.5. The molecule has 0 aromatic heterocycles. The lowest BCUT2D eigenvalue weighted by Crippen LogP contribution is -2.14.